The predicted octanol–water partition coefficient (Wildman–Crippen LogP) is 3.38. The quantitative estimate of drug-likeness (QED) is 0.942. The first kappa shape index (κ1) is 13.4. The van der Waals surface area contributed by atoms with E-state index in [1.165, 1.54) is 0 Å². The summed E-state index contributed by atoms with van der Waals surface area (Å²) in [6.07, 6.45) is 6.80. The zero-order valence-corrected chi connectivity index (χ0v) is 12.0. The van der Waals surface area contributed by atoms with Gasteiger partial charge in [-0.3, -0.25) is 5.10 Å². The molecule has 0 bridgehead atoms. The Balaban J connectivity index is 2.01. The number of hydrogen-bond acceptors (Lipinski definition) is 4. The lowest BCUT2D eigenvalue weighted by molar-refractivity contribution is 0.0126. The Hall–Kier alpha value is -1.59. The Labute approximate surface area is 122 Å². The average Bonchev–Trinajstić information content (AvgIpc) is 2.97. The van der Waals surface area contributed by atoms with Gasteiger partial charge in [-0.1, -0.05) is 11.6 Å². The van der Waals surface area contributed by atoms with Gasteiger partial charge in [0.15, 0.2) is 0 Å². The molecule has 0 spiro atoms. The average molecular weight is 294 g/mol. The Kier molecular flexibility index (Phi) is 3.89. The third-order valence-corrected chi connectivity index (χ3v) is 3.86. The largest absolute Gasteiger partial charge is 0.480 e. The number of H-pyrrole nitrogens is 1. The molecule has 5 nitrogen and oxygen atoms in total. The molecule has 6 heteroatoms. The fraction of sp³-hybridized carbons (Fsp3) is 0.429. The third kappa shape index (κ3) is 2.39. The van der Waals surface area contributed by atoms with Gasteiger partial charge in [-0.25, -0.2) is 4.98 Å². The van der Waals surface area contributed by atoms with E-state index in [4.69, 9.17) is 21.1 Å². The van der Waals surface area contributed by atoms with E-state index in [0.29, 0.717) is 10.9 Å². The van der Waals surface area contributed by atoms with Crippen LogP contribution < -0.4 is 4.74 Å². The summed E-state index contributed by atoms with van der Waals surface area (Å²) >= 11 is 6.34. The molecule has 0 aliphatic carbocycles. The van der Waals surface area contributed by atoms with Gasteiger partial charge < -0.3 is 9.47 Å². The lowest BCUT2D eigenvalue weighted by atomic mass is 10.00. The minimum Gasteiger partial charge on any atom is -0.480 e. The number of methoxy groups -OCH3 is 1. The normalized spacial score (nSPS) is 19.0. The van der Waals surface area contributed by atoms with Gasteiger partial charge in [0, 0.05) is 30.1 Å². The molecule has 3 heterocycles. The number of ether oxygens (including phenoxy) is 2. The van der Waals surface area contributed by atoms with Gasteiger partial charge in [-0.2, -0.15) is 5.10 Å². The van der Waals surface area contributed by atoms with Crippen LogP contribution in [0.4, 0.5) is 0 Å². The molecule has 2 aromatic rings. The first-order valence-corrected chi connectivity index (χ1v) is 7.03. The van der Waals surface area contributed by atoms with E-state index in [9.17, 15) is 0 Å². The molecule has 1 saturated heterocycles. The molecule has 20 heavy (non-hydrogen) atoms. The number of rotatable bonds is 3. The number of hydrogen-bond donors (Lipinski definition) is 1. The first-order valence-electron chi connectivity index (χ1n) is 6.65. The van der Waals surface area contributed by atoms with E-state index in [1.54, 1.807) is 13.3 Å². The molecule has 1 N–H and O–H groups in total. The molecule has 0 amide bonds. The second-order valence-electron chi connectivity index (χ2n) is 4.72. The van der Waals surface area contributed by atoms with Crippen LogP contribution in [0.2, 0.25) is 5.02 Å². The highest BCUT2D eigenvalue weighted by molar-refractivity contribution is 6.34. The van der Waals surface area contributed by atoms with Gasteiger partial charge in [-0.05, 0) is 25.3 Å². The van der Waals surface area contributed by atoms with Crippen molar-refractivity contribution < 1.29 is 9.47 Å². The smallest absolute Gasteiger partial charge is 0.232 e. The van der Waals surface area contributed by atoms with Crippen LogP contribution in [0.15, 0.2) is 18.5 Å². The Morgan fingerprint density at radius 3 is 3.05 bits per heavy atom. The van der Waals surface area contributed by atoms with Crippen LogP contribution in [0.1, 0.15) is 31.1 Å². The number of aromatic amines is 1. The van der Waals surface area contributed by atoms with Crippen molar-refractivity contribution in [2.24, 2.45) is 0 Å². The second kappa shape index (κ2) is 5.81. The Morgan fingerprint density at radius 1 is 1.40 bits per heavy atom. The van der Waals surface area contributed by atoms with E-state index in [2.05, 4.69) is 15.2 Å². The van der Waals surface area contributed by atoms with Gasteiger partial charge >= 0.3 is 0 Å². The zero-order valence-electron chi connectivity index (χ0n) is 11.2. The molecule has 0 saturated carbocycles. The highest BCUT2D eigenvalue weighted by Crippen LogP contribution is 2.38. The van der Waals surface area contributed by atoms with Crippen LogP contribution in [-0.2, 0) is 4.74 Å². The number of pyridine rings is 1. The van der Waals surface area contributed by atoms with Gasteiger partial charge in [0.1, 0.15) is 11.1 Å². The summed E-state index contributed by atoms with van der Waals surface area (Å²) in [6.45, 7) is 0.782. The molecule has 1 aliphatic heterocycles. The molecule has 3 rings (SSSR count). The van der Waals surface area contributed by atoms with E-state index >= 15 is 0 Å². The highest BCUT2D eigenvalue weighted by atomic mass is 35.5. The van der Waals surface area contributed by atoms with E-state index in [1.807, 2.05) is 12.3 Å². The second-order valence-corrected chi connectivity index (χ2v) is 5.10. The summed E-state index contributed by atoms with van der Waals surface area (Å²) < 4.78 is 11.0. The topological polar surface area (TPSA) is 60.0 Å². The van der Waals surface area contributed by atoms with Crippen molar-refractivity contribution in [1.82, 2.24) is 15.2 Å². The van der Waals surface area contributed by atoms with Crippen molar-refractivity contribution in [3.05, 3.63) is 29.2 Å². The summed E-state index contributed by atoms with van der Waals surface area (Å²) in [6, 6.07) is 1.86. The number of nitrogens with one attached hydrogen (secondary N) is 1. The number of nitrogens with zero attached hydrogens (tertiary/aromatic N) is 2. The summed E-state index contributed by atoms with van der Waals surface area (Å²) in [5, 5.41) is 7.75. The maximum absolute atomic E-state index is 6.34. The fourth-order valence-electron chi connectivity index (χ4n) is 2.49. The predicted molar refractivity (Wildman–Crippen MR) is 75.9 cm³/mol. The molecule has 0 radical (unpaired) electrons. The van der Waals surface area contributed by atoms with Gasteiger partial charge in [0.25, 0.3) is 0 Å². The van der Waals surface area contributed by atoms with Crippen LogP contribution >= 0.6 is 11.6 Å². The Bertz CT molecular complexity index is 594. The molecule has 106 valence electrons. The summed E-state index contributed by atoms with van der Waals surface area (Å²) in [5.41, 5.74) is 2.71. The van der Waals surface area contributed by atoms with Gasteiger partial charge in [-0.15, -0.1) is 0 Å². The van der Waals surface area contributed by atoms with Crippen molar-refractivity contribution >= 4 is 11.6 Å². The van der Waals surface area contributed by atoms with Gasteiger partial charge in [0.2, 0.25) is 5.88 Å². The van der Waals surface area contributed by atoms with Crippen LogP contribution in [0.3, 0.4) is 0 Å². The van der Waals surface area contributed by atoms with Crippen molar-refractivity contribution in [3.63, 3.8) is 0 Å². The number of halogens is 1. The summed E-state index contributed by atoms with van der Waals surface area (Å²) in [7, 11) is 1.55. The maximum atomic E-state index is 6.34. The minimum atomic E-state index is 0.0280. The van der Waals surface area contributed by atoms with Crippen molar-refractivity contribution in [3.8, 4) is 17.0 Å². The van der Waals surface area contributed by atoms with E-state index < -0.39 is 0 Å². The zero-order chi connectivity index (χ0) is 13.9. The van der Waals surface area contributed by atoms with Gasteiger partial charge in [0.05, 0.1) is 12.8 Å². The maximum Gasteiger partial charge on any atom is 0.232 e. The molecular weight excluding hydrogens is 278 g/mol. The van der Waals surface area contributed by atoms with Crippen LogP contribution in [0, 0.1) is 0 Å². The monoisotopic (exact) mass is 293 g/mol. The van der Waals surface area contributed by atoms with Crippen LogP contribution in [0.25, 0.3) is 11.1 Å². The molecule has 1 unspecified atom stereocenters. The molecule has 1 fully saturated rings. The third-order valence-electron chi connectivity index (χ3n) is 3.50. The van der Waals surface area contributed by atoms with Crippen molar-refractivity contribution in [2.75, 3.05) is 13.7 Å². The molecule has 2 aromatic heterocycles. The van der Waals surface area contributed by atoms with Crippen LogP contribution in [-0.4, -0.2) is 28.9 Å². The SMILES string of the molecule is COc1nccc(-c2c[nH]nc2C2CCCCO2)c1Cl. The number of aromatic nitrogens is 3. The highest BCUT2D eigenvalue weighted by Gasteiger charge is 2.24. The fourth-order valence-corrected chi connectivity index (χ4v) is 2.78. The van der Waals surface area contributed by atoms with Crippen molar-refractivity contribution in [2.45, 2.75) is 25.4 Å². The standard InChI is InChI=1S/C14H16ClN3O2/c1-19-14-12(15)9(5-6-16-14)10-8-17-18-13(10)11-4-2-3-7-20-11/h5-6,8,11H,2-4,7H2,1H3,(H,17,18). The van der Waals surface area contributed by atoms with E-state index in [-0.39, 0.29) is 6.10 Å². The summed E-state index contributed by atoms with van der Waals surface area (Å²) in [5.74, 6) is 0.417. The molecule has 1 aliphatic rings. The molecule has 1 atom stereocenters. The minimum absolute atomic E-state index is 0.0280. The lowest BCUT2D eigenvalue weighted by Gasteiger charge is -2.22. The lowest BCUT2D eigenvalue weighted by Crippen LogP contribution is -2.12. The van der Waals surface area contributed by atoms with Crippen molar-refractivity contribution in [1.29, 1.82) is 0 Å². The van der Waals surface area contributed by atoms with Crippen LogP contribution in [0.5, 0.6) is 5.88 Å². The first-order chi connectivity index (χ1) is 9.81. The molecule has 0 aromatic carbocycles. The van der Waals surface area contributed by atoms with E-state index in [0.717, 1.165) is 42.7 Å². The molecular formula is C14H16ClN3O2. The Morgan fingerprint density at radius 2 is 2.30 bits per heavy atom. The summed E-state index contributed by atoms with van der Waals surface area (Å²) in [4.78, 5) is 4.09.